The number of nitrogens with two attached hydrogens (primary N) is 1. The number of benzene rings is 2. The van der Waals surface area contributed by atoms with Crippen LogP contribution >= 0.6 is 0 Å². The molecule has 2 aromatic rings. The van der Waals surface area contributed by atoms with Crippen LogP contribution in [0.1, 0.15) is 101 Å². The van der Waals surface area contributed by atoms with Crippen molar-refractivity contribution in [1.29, 1.82) is 0 Å². The van der Waals surface area contributed by atoms with Crippen molar-refractivity contribution in [2.24, 2.45) is 11.3 Å². The van der Waals surface area contributed by atoms with E-state index in [1.54, 1.807) is 0 Å². The van der Waals surface area contributed by atoms with Crippen LogP contribution in [0.25, 0.3) is 11.1 Å². The molecule has 0 aliphatic heterocycles. The van der Waals surface area contributed by atoms with Gasteiger partial charge in [0.15, 0.2) is 0 Å². The highest BCUT2D eigenvalue weighted by molar-refractivity contribution is 6.75. The monoisotopic (exact) mass is 449 g/mol. The molecule has 2 unspecified atom stereocenters. The molecule has 2 aliphatic rings. The predicted octanol–water partition coefficient (Wildman–Crippen LogP) is 9.01. The normalized spacial score (nSPS) is 22.6. The maximum Gasteiger partial charge on any atom is 0.124 e. The highest BCUT2D eigenvalue weighted by atomic mass is 28.3. The second-order valence-corrected chi connectivity index (χ2v) is 15.2. The molecule has 0 bridgehead atoms. The predicted molar refractivity (Wildman–Crippen MR) is 145 cm³/mol. The van der Waals surface area contributed by atoms with Gasteiger partial charge in [0, 0.05) is 0 Å². The van der Waals surface area contributed by atoms with E-state index in [2.05, 4.69) is 68.5 Å². The van der Waals surface area contributed by atoms with Crippen LogP contribution in [0.4, 0.5) is 0 Å². The van der Waals surface area contributed by atoms with Gasteiger partial charge >= 0.3 is 0 Å². The molecule has 1 fully saturated rings. The zero-order valence-corrected chi connectivity index (χ0v) is 22.0. The summed E-state index contributed by atoms with van der Waals surface area (Å²) in [7, 11) is -1.66. The van der Waals surface area contributed by atoms with E-state index in [0.717, 1.165) is 0 Å². The molecular formula is C30H47NSi. The maximum absolute atomic E-state index is 6.57. The molecule has 2 heteroatoms. The van der Waals surface area contributed by atoms with Crippen LogP contribution in [0.5, 0.6) is 0 Å². The number of fused-ring (bicyclic) bond motifs is 1. The lowest BCUT2D eigenvalue weighted by Crippen LogP contribution is -2.46. The summed E-state index contributed by atoms with van der Waals surface area (Å²) in [6, 6.07) is 17.5. The summed E-state index contributed by atoms with van der Waals surface area (Å²) in [6.45, 7) is 6.94. The summed E-state index contributed by atoms with van der Waals surface area (Å²) in [4.78, 5) is 0. The molecule has 1 nitrogen and oxygen atoms in total. The van der Waals surface area contributed by atoms with Gasteiger partial charge in [-0.1, -0.05) is 146 Å². The van der Waals surface area contributed by atoms with Gasteiger partial charge in [0.05, 0.1) is 0 Å². The molecule has 2 N–H and O–H groups in total. The average Bonchev–Trinajstić information content (AvgIpc) is 3.11. The summed E-state index contributed by atoms with van der Waals surface area (Å²) in [5, 5.41) is 6.57. The van der Waals surface area contributed by atoms with Crippen LogP contribution in [0.15, 0.2) is 48.5 Å². The third-order valence-electron chi connectivity index (χ3n) is 7.53. The van der Waals surface area contributed by atoms with Gasteiger partial charge in [-0.2, -0.15) is 0 Å². The minimum absolute atomic E-state index is 0.584. The fourth-order valence-corrected chi connectivity index (χ4v) is 8.67. The highest BCUT2D eigenvalue weighted by Crippen LogP contribution is 2.45. The first-order valence-electron chi connectivity index (χ1n) is 13.4. The minimum Gasteiger partial charge on any atom is -0.350 e. The molecule has 2 atom stereocenters. The van der Waals surface area contributed by atoms with Crippen LogP contribution < -0.4 is 5.40 Å². The third kappa shape index (κ3) is 7.32. The first-order chi connectivity index (χ1) is 15.5. The van der Waals surface area contributed by atoms with Gasteiger partial charge in [0.2, 0.25) is 0 Å². The molecule has 0 amide bonds. The van der Waals surface area contributed by atoms with Gasteiger partial charge in [-0.25, -0.2) is 0 Å². The zero-order valence-electron chi connectivity index (χ0n) is 21.0. The second kappa shape index (κ2) is 12.7. The molecule has 0 aromatic heterocycles. The Morgan fingerprint density at radius 1 is 0.656 bits per heavy atom. The van der Waals surface area contributed by atoms with Crippen LogP contribution in [-0.2, 0) is 6.42 Å². The minimum atomic E-state index is -1.66. The largest absolute Gasteiger partial charge is 0.350 e. The molecule has 4 rings (SSSR count). The van der Waals surface area contributed by atoms with Crippen molar-refractivity contribution >= 4 is 8.24 Å². The SMILES string of the molecule is C1CCCCCCCCCCC1.CC1Cc2c(-c3ccccc3)cccc2C1[Si](C)(C)N. The lowest BCUT2D eigenvalue weighted by Gasteiger charge is -2.29. The van der Waals surface area contributed by atoms with Gasteiger partial charge in [0.1, 0.15) is 8.24 Å². The molecule has 0 spiro atoms. The first kappa shape index (κ1) is 25.2. The fraction of sp³-hybridized carbons (Fsp3) is 0.600. The summed E-state index contributed by atoms with van der Waals surface area (Å²) >= 11 is 0. The topological polar surface area (TPSA) is 26.0 Å². The van der Waals surface area contributed by atoms with Gasteiger partial charge in [0.25, 0.3) is 0 Å². The van der Waals surface area contributed by atoms with Crippen molar-refractivity contribution < 1.29 is 0 Å². The number of hydrogen-bond donors (Lipinski definition) is 1. The zero-order chi connectivity index (χ0) is 22.8. The molecule has 176 valence electrons. The van der Waals surface area contributed by atoms with Crippen molar-refractivity contribution in [3.63, 3.8) is 0 Å². The summed E-state index contributed by atoms with van der Waals surface area (Å²) in [5.74, 6) is 0.668. The Balaban J connectivity index is 0.000000207. The van der Waals surface area contributed by atoms with E-state index in [-0.39, 0.29) is 0 Å². The quantitative estimate of drug-likeness (QED) is 0.455. The molecule has 0 saturated heterocycles. The Bertz CT molecular complexity index is 749. The number of rotatable bonds is 2. The summed E-state index contributed by atoms with van der Waals surface area (Å²) in [6.07, 6.45) is 19.2. The molecule has 0 radical (unpaired) electrons. The van der Waals surface area contributed by atoms with E-state index < -0.39 is 8.24 Å². The van der Waals surface area contributed by atoms with E-state index in [0.29, 0.717) is 11.5 Å². The van der Waals surface area contributed by atoms with Gasteiger partial charge in [-0.15, -0.1) is 0 Å². The summed E-state index contributed by atoms with van der Waals surface area (Å²) in [5.41, 5.74) is 6.35. The Morgan fingerprint density at radius 2 is 1.12 bits per heavy atom. The van der Waals surface area contributed by atoms with E-state index >= 15 is 0 Å². The van der Waals surface area contributed by atoms with Gasteiger partial charge in [-0.05, 0) is 40.1 Å². The molecular weight excluding hydrogens is 402 g/mol. The van der Waals surface area contributed by atoms with E-state index in [4.69, 9.17) is 5.40 Å². The standard InChI is InChI=1S/C18H23NSi.C12H24/c1-13-12-17-15(14-8-5-4-6-9-14)10-7-11-16(17)18(13)20(2,3)19;1-2-4-6-8-10-12-11-9-7-5-3-1/h4-11,13,18H,12,19H2,1-3H3;1-12H2. The molecule has 1 saturated carbocycles. The lowest BCUT2D eigenvalue weighted by atomic mass is 9.97. The Morgan fingerprint density at radius 3 is 1.56 bits per heavy atom. The Kier molecular flexibility index (Phi) is 10.1. The third-order valence-corrected chi connectivity index (χ3v) is 10.0. The molecule has 2 aliphatic carbocycles. The van der Waals surface area contributed by atoms with Crippen molar-refractivity contribution in [2.45, 2.75) is 109 Å². The van der Waals surface area contributed by atoms with E-state index in [9.17, 15) is 0 Å². The summed E-state index contributed by atoms with van der Waals surface area (Å²) < 4.78 is 0. The first-order valence-corrected chi connectivity index (χ1v) is 16.6. The van der Waals surface area contributed by atoms with E-state index in [1.165, 1.54) is 106 Å². The molecule has 2 aromatic carbocycles. The van der Waals surface area contributed by atoms with Gasteiger partial charge < -0.3 is 5.40 Å². The smallest absolute Gasteiger partial charge is 0.124 e. The maximum atomic E-state index is 6.57. The number of hydrogen-bond acceptors (Lipinski definition) is 1. The second-order valence-electron chi connectivity index (χ2n) is 11.0. The van der Waals surface area contributed by atoms with Crippen LogP contribution in [-0.4, -0.2) is 8.24 Å². The van der Waals surface area contributed by atoms with Crippen molar-refractivity contribution in [3.05, 3.63) is 59.7 Å². The fourth-order valence-electron chi connectivity index (χ4n) is 6.01. The van der Waals surface area contributed by atoms with Crippen LogP contribution in [0.3, 0.4) is 0 Å². The van der Waals surface area contributed by atoms with Crippen LogP contribution in [0, 0.1) is 5.92 Å². The van der Waals surface area contributed by atoms with Crippen LogP contribution in [0.2, 0.25) is 13.1 Å². The van der Waals surface area contributed by atoms with Crippen molar-refractivity contribution in [3.8, 4) is 11.1 Å². The average molecular weight is 450 g/mol. The van der Waals surface area contributed by atoms with Crippen molar-refractivity contribution in [1.82, 2.24) is 0 Å². The highest BCUT2D eigenvalue weighted by Gasteiger charge is 2.40. The van der Waals surface area contributed by atoms with Crippen molar-refractivity contribution in [2.75, 3.05) is 0 Å². The molecule has 0 heterocycles. The van der Waals surface area contributed by atoms with E-state index in [1.807, 2.05) is 0 Å². The van der Waals surface area contributed by atoms with Gasteiger partial charge in [-0.3, -0.25) is 0 Å². The lowest BCUT2D eigenvalue weighted by molar-refractivity contribution is 0.504. The Labute approximate surface area is 199 Å². The Hall–Kier alpha value is -1.38. The molecule has 32 heavy (non-hydrogen) atoms.